The Labute approximate surface area is 120 Å². The summed E-state index contributed by atoms with van der Waals surface area (Å²) in [5.74, 6) is 6.33. The molecule has 0 spiro atoms. The Morgan fingerprint density at radius 3 is 2.50 bits per heavy atom. The van der Waals surface area contributed by atoms with Crippen LogP contribution in [0.5, 0.6) is 0 Å². The predicted molar refractivity (Wildman–Crippen MR) is 80.1 cm³/mol. The third-order valence-corrected chi connectivity index (χ3v) is 3.78. The summed E-state index contributed by atoms with van der Waals surface area (Å²) in [5, 5.41) is 8.86. The summed E-state index contributed by atoms with van der Waals surface area (Å²) in [5.41, 5.74) is 4.71. The van der Waals surface area contributed by atoms with E-state index in [9.17, 15) is 0 Å². The summed E-state index contributed by atoms with van der Waals surface area (Å²) in [6.07, 6.45) is 5.08. The van der Waals surface area contributed by atoms with Gasteiger partial charge in [-0.3, -0.25) is 11.3 Å². The lowest BCUT2D eigenvalue weighted by Gasteiger charge is -2.19. The fraction of sp³-hybridized carbons (Fsp3) is 0.467. The zero-order valence-corrected chi connectivity index (χ0v) is 12.2. The van der Waals surface area contributed by atoms with Gasteiger partial charge < -0.3 is 0 Å². The first-order valence-electron chi connectivity index (χ1n) is 7.22. The minimum atomic E-state index is 0.0531. The van der Waals surface area contributed by atoms with E-state index in [1.54, 1.807) is 11.0 Å². The first-order chi connectivity index (χ1) is 9.78. The Morgan fingerprint density at radius 2 is 1.90 bits per heavy atom. The Balaban J connectivity index is 2.14. The van der Waals surface area contributed by atoms with Crippen LogP contribution in [-0.2, 0) is 0 Å². The Hall–Kier alpha value is -1.72. The van der Waals surface area contributed by atoms with Crippen molar-refractivity contribution in [1.29, 1.82) is 0 Å². The molecule has 1 atom stereocenters. The molecule has 0 amide bonds. The molecule has 5 heteroatoms. The normalized spacial score (nSPS) is 12.8. The smallest absolute Gasteiger partial charge is 0.101 e. The lowest BCUT2D eigenvalue weighted by Crippen LogP contribution is -2.30. The summed E-state index contributed by atoms with van der Waals surface area (Å²) >= 11 is 0. The molecule has 1 unspecified atom stereocenters. The molecule has 108 valence electrons. The van der Waals surface area contributed by atoms with E-state index in [-0.39, 0.29) is 6.04 Å². The van der Waals surface area contributed by atoms with E-state index < -0.39 is 0 Å². The second-order valence-corrected chi connectivity index (χ2v) is 5.03. The molecule has 0 aliphatic carbocycles. The molecule has 2 rings (SSSR count). The summed E-state index contributed by atoms with van der Waals surface area (Å²) in [7, 11) is 0. The first kappa shape index (κ1) is 14.7. The van der Waals surface area contributed by atoms with Gasteiger partial charge in [0.25, 0.3) is 0 Å². The average molecular weight is 273 g/mol. The molecule has 0 aliphatic rings. The van der Waals surface area contributed by atoms with E-state index in [4.69, 9.17) is 5.84 Å². The zero-order chi connectivity index (χ0) is 14.4. The number of hydrogen-bond donors (Lipinski definition) is 2. The summed E-state index contributed by atoms with van der Waals surface area (Å²) < 4.78 is 0. The number of nitrogens with two attached hydrogens (primary N) is 1. The van der Waals surface area contributed by atoms with Crippen LogP contribution in [0.25, 0.3) is 5.69 Å². The molecular weight excluding hydrogens is 250 g/mol. The molecule has 0 fully saturated rings. The van der Waals surface area contributed by atoms with E-state index >= 15 is 0 Å². The van der Waals surface area contributed by atoms with Crippen LogP contribution in [0.15, 0.2) is 36.5 Å². The van der Waals surface area contributed by atoms with Crippen molar-refractivity contribution in [1.82, 2.24) is 20.4 Å². The molecule has 0 aliphatic heterocycles. The third kappa shape index (κ3) is 3.43. The topological polar surface area (TPSA) is 68.8 Å². The molecule has 1 heterocycles. The quantitative estimate of drug-likeness (QED) is 0.601. The van der Waals surface area contributed by atoms with Crippen molar-refractivity contribution >= 4 is 0 Å². The summed E-state index contributed by atoms with van der Waals surface area (Å²) in [6.45, 7) is 4.42. The highest BCUT2D eigenvalue weighted by molar-refractivity contribution is 5.28. The molecule has 1 aromatic heterocycles. The van der Waals surface area contributed by atoms with Crippen LogP contribution in [0.3, 0.4) is 0 Å². The van der Waals surface area contributed by atoms with Crippen molar-refractivity contribution in [3.63, 3.8) is 0 Å². The Morgan fingerprint density at radius 1 is 1.20 bits per heavy atom. The van der Waals surface area contributed by atoms with Crippen LogP contribution < -0.4 is 11.3 Å². The van der Waals surface area contributed by atoms with Crippen LogP contribution in [0.4, 0.5) is 0 Å². The maximum atomic E-state index is 5.68. The number of aromatic nitrogens is 3. The number of hydrogen-bond acceptors (Lipinski definition) is 4. The molecular formula is C15H23N5. The summed E-state index contributed by atoms with van der Waals surface area (Å²) in [4.78, 5) is 1.65. The van der Waals surface area contributed by atoms with Gasteiger partial charge in [-0.1, -0.05) is 44.9 Å². The summed E-state index contributed by atoms with van der Waals surface area (Å²) in [6, 6.07) is 9.94. The zero-order valence-electron chi connectivity index (χ0n) is 12.2. The van der Waals surface area contributed by atoms with E-state index in [0.29, 0.717) is 5.92 Å². The van der Waals surface area contributed by atoms with Gasteiger partial charge >= 0.3 is 0 Å². The average Bonchev–Trinajstić information content (AvgIpc) is 2.99. The monoisotopic (exact) mass is 273 g/mol. The first-order valence-corrected chi connectivity index (χ1v) is 7.22. The van der Waals surface area contributed by atoms with Crippen molar-refractivity contribution in [3.05, 3.63) is 42.2 Å². The van der Waals surface area contributed by atoms with E-state index in [0.717, 1.165) is 30.6 Å². The maximum Gasteiger partial charge on any atom is 0.101 e. The minimum absolute atomic E-state index is 0.0531. The third-order valence-electron chi connectivity index (χ3n) is 3.78. The van der Waals surface area contributed by atoms with Crippen molar-refractivity contribution in [2.45, 2.75) is 39.2 Å². The second-order valence-electron chi connectivity index (χ2n) is 5.03. The van der Waals surface area contributed by atoms with E-state index in [2.05, 4.69) is 29.5 Å². The largest absolute Gasteiger partial charge is 0.271 e. The van der Waals surface area contributed by atoms with Crippen molar-refractivity contribution in [2.24, 2.45) is 11.8 Å². The minimum Gasteiger partial charge on any atom is -0.271 e. The van der Waals surface area contributed by atoms with Gasteiger partial charge in [0, 0.05) is 0 Å². The molecule has 1 aromatic carbocycles. The molecule has 0 radical (unpaired) electrons. The number of hydrazine groups is 1. The van der Waals surface area contributed by atoms with Crippen LogP contribution in [-0.4, -0.2) is 15.0 Å². The fourth-order valence-electron chi connectivity index (χ4n) is 2.35. The van der Waals surface area contributed by atoms with Gasteiger partial charge in [0.05, 0.1) is 17.9 Å². The molecule has 3 N–H and O–H groups in total. The molecule has 20 heavy (non-hydrogen) atoms. The highest BCUT2D eigenvalue weighted by atomic mass is 15.5. The van der Waals surface area contributed by atoms with Gasteiger partial charge in [0.1, 0.15) is 5.69 Å². The van der Waals surface area contributed by atoms with Gasteiger partial charge in [-0.2, -0.15) is 15.0 Å². The van der Waals surface area contributed by atoms with Gasteiger partial charge in [-0.05, 0) is 24.5 Å². The van der Waals surface area contributed by atoms with Crippen molar-refractivity contribution < 1.29 is 0 Å². The Bertz CT molecular complexity index is 504. The number of para-hydroxylation sites is 1. The van der Waals surface area contributed by atoms with Gasteiger partial charge in [0.2, 0.25) is 0 Å². The van der Waals surface area contributed by atoms with Gasteiger partial charge in [-0.15, -0.1) is 0 Å². The highest BCUT2D eigenvalue weighted by Crippen LogP contribution is 2.23. The molecule has 0 saturated carbocycles. The maximum absolute atomic E-state index is 5.68. The highest BCUT2D eigenvalue weighted by Gasteiger charge is 2.18. The number of rotatable bonds is 7. The lowest BCUT2D eigenvalue weighted by molar-refractivity contribution is 0.369. The molecule has 0 bridgehead atoms. The van der Waals surface area contributed by atoms with E-state index in [1.165, 1.54) is 0 Å². The number of nitrogens with zero attached hydrogens (tertiary/aromatic N) is 3. The van der Waals surface area contributed by atoms with Crippen LogP contribution >= 0.6 is 0 Å². The van der Waals surface area contributed by atoms with Crippen LogP contribution in [0.2, 0.25) is 0 Å². The van der Waals surface area contributed by atoms with Crippen molar-refractivity contribution in [3.8, 4) is 5.69 Å². The lowest BCUT2D eigenvalue weighted by atomic mass is 9.94. The van der Waals surface area contributed by atoms with Gasteiger partial charge in [-0.25, -0.2) is 0 Å². The van der Waals surface area contributed by atoms with Crippen molar-refractivity contribution in [2.75, 3.05) is 0 Å². The predicted octanol–water partition coefficient (Wildman–Crippen LogP) is 2.60. The molecule has 2 aromatic rings. The fourth-order valence-corrected chi connectivity index (χ4v) is 2.35. The number of nitrogens with one attached hydrogen (secondary N) is 1. The molecule has 0 saturated heterocycles. The van der Waals surface area contributed by atoms with Crippen LogP contribution in [0, 0.1) is 5.92 Å². The number of benzene rings is 1. The Kier molecular flexibility index (Phi) is 5.26. The SMILES string of the molecule is CCC(CC)CC(NN)c1cnn(-c2ccccc2)n1. The van der Waals surface area contributed by atoms with Gasteiger partial charge in [0.15, 0.2) is 0 Å². The second kappa shape index (κ2) is 7.17. The van der Waals surface area contributed by atoms with Crippen LogP contribution in [0.1, 0.15) is 44.8 Å². The van der Waals surface area contributed by atoms with E-state index in [1.807, 2.05) is 30.3 Å². The standard InChI is InChI=1S/C15H23N5/c1-3-12(4-2)10-14(18-16)15-11-17-20(19-15)13-8-6-5-7-9-13/h5-9,11-12,14,18H,3-4,10,16H2,1-2H3. The molecule has 5 nitrogen and oxygen atoms in total.